The minimum atomic E-state index is 0.743. The third kappa shape index (κ3) is 1.78. The Balaban J connectivity index is 2.28. The quantitative estimate of drug-likeness (QED) is 0.722. The SMILES string of the molecule is COC1=Cc2ccc3ncncc3c2SN=C1. The summed E-state index contributed by atoms with van der Waals surface area (Å²) in [6, 6.07) is 4.00. The minimum Gasteiger partial charge on any atom is -0.495 e. The van der Waals surface area contributed by atoms with Crippen molar-refractivity contribution < 1.29 is 4.74 Å². The van der Waals surface area contributed by atoms with Crippen LogP contribution in [0.15, 0.2) is 39.7 Å². The molecule has 0 fully saturated rings. The lowest BCUT2D eigenvalue weighted by atomic mass is 10.1. The zero-order chi connectivity index (χ0) is 11.7. The molecular weight excluding hydrogens is 234 g/mol. The number of nitrogens with zero attached hydrogens (tertiary/aromatic N) is 3. The normalized spacial score (nSPS) is 14.1. The molecule has 0 amide bonds. The molecule has 0 aliphatic carbocycles. The van der Waals surface area contributed by atoms with Gasteiger partial charge in [0.2, 0.25) is 0 Å². The second-order valence-electron chi connectivity index (χ2n) is 3.52. The molecule has 5 heteroatoms. The van der Waals surface area contributed by atoms with E-state index in [4.69, 9.17) is 4.74 Å². The molecule has 0 atom stereocenters. The molecule has 2 heterocycles. The predicted octanol–water partition coefficient (Wildman–Crippen LogP) is 2.71. The van der Waals surface area contributed by atoms with Gasteiger partial charge in [0.25, 0.3) is 0 Å². The molecule has 3 rings (SSSR count). The van der Waals surface area contributed by atoms with Crippen molar-refractivity contribution in [2.75, 3.05) is 7.11 Å². The lowest BCUT2D eigenvalue weighted by molar-refractivity contribution is 0.321. The number of fused-ring (bicyclic) bond motifs is 3. The summed E-state index contributed by atoms with van der Waals surface area (Å²) in [5.41, 5.74) is 2.00. The molecule has 1 aliphatic heterocycles. The van der Waals surface area contributed by atoms with E-state index < -0.39 is 0 Å². The van der Waals surface area contributed by atoms with Crippen LogP contribution >= 0.6 is 11.9 Å². The van der Waals surface area contributed by atoms with Crippen molar-refractivity contribution >= 4 is 35.1 Å². The lowest BCUT2D eigenvalue weighted by Crippen LogP contribution is -1.88. The predicted molar refractivity (Wildman–Crippen MR) is 68.9 cm³/mol. The molecule has 1 aliphatic rings. The summed E-state index contributed by atoms with van der Waals surface area (Å²) in [5, 5.41) is 1.01. The first-order valence-electron chi connectivity index (χ1n) is 5.07. The van der Waals surface area contributed by atoms with E-state index in [1.807, 2.05) is 24.4 Å². The van der Waals surface area contributed by atoms with Crippen LogP contribution in [0.4, 0.5) is 0 Å². The van der Waals surface area contributed by atoms with Crippen LogP contribution in [0.1, 0.15) is 5.56 Å². The van der Waals surface area contributed by atoms with Gasteiger partial charge in [0.1, 0.15) is 12.1 Å². The van der Waals surface area contributed by atoms with Gasteiger partial charge in [-0.2, -0.15) is 0 Å². The molecule has 0 spiro atoms. The summed E-state index contributed by atoms with van der Waals surface area (Å²) in [7, 11) is 1.64. The van der Waals surface area contributed by atoms with Crippen molar-refractivity contribution in [2.45, 2.75) is 4.90 Å². The van der Waals surface area contributed by atoms with E-state index in [0.29, 0.717) is 0 Å². The molecule has 4 nitrogen and oxygen atoms in total. The molecule has 84 valence electrons. The van der Waals surface area contributed by atoms with E-state index in [-0.39, 0.29) is 0 Å². The van der Waals surface area contributed by atoms with Crippen molar-refractivity contribution in [1.82, 2.24) is 9.97 Å². The second-order valence-corrected chi connectivity index (χ2v) is 4.32. The summed E-state index contributed by atoms with van der Waals surface area (Å²) in [6.07, 6.45) is 7.04. The summed E-state index contributed by atoms with van der Waals surface area (Å²) in [6.45, 7) is 0. The Morgan fingerprint density at radius 3 is 3.12 bits per heavy atom. The van der Waals surface area contributed by atoms with E-state index in [0.717, 1.165) is 27.1 Å². The van der Waals surface area contributed by atoms with E-state index in [2.05, 4.69) is 14.4 Å². The molecule has 1 aromatic carbocycles. The zero-order valence-corrected chi connectivity index (χ0v) is 9.94. The fourth-order valence-electron chi connectivity index (χ4n) is 1.70. The Morgan fingerprint density at radius 2 is 2.24 bits per heavy atom. The van der Waals surface area contributed by atoms with Gasteiger partial charge in [-0.3, -0.25) is 0 Å². The largest absolute Gasteiger partial charge is 0.495 e. The summed E-state index contributed by atoms with van der Waals surface area (Å²) in [4.78, 5) is 9.35. The second kappa shape index (κ2) is 4.18. The molecule has 0 saturated heterocycles. The van der Waals surface area contributed by atoms with Gasteiger partial charge in [0.15, 0.2) is 0 Å². The van der Waals surface area contributed by atoms with Crippen LogP contribution in [0.25, 0.3) is 17.0 Å². The minimum absolute atomic E-state index is 0.743. The van der Waals surface area contributed by atoms with Gasteiger partial charge >= 0.3 is 0 Å². The number of hydrogen-bond acceptors (Lipinski definition) is 5. The molecule has 0 N–H and O–H groups in total. The average Bonchev–Trinajstić information content (AvgIpc) is 2.60. The molecule has 0 saturated carbocycles. The number of ether oxygens (including phenoxy) is 1. The van der Waals surface area contributed by atoms with Crippen molar-refractivity contribution in [3.63, 3.8) is 0 Å². The van der Waals surface area contributed by atoms with E-state index in [9.17, 15) is 0 Å². The van der Waals surface area contributed by atoms with Gasteiger partial charge in [-0.25, -0.2) is 14.4 Å². The summed E-state index contributed by atoms with van der Waals surface area (Å²) < 4.78 is 9.46. The number of methoxy groups -OCH3 is 1. The van der Waals surface area contributed by atoms with Crippen molar-refractivity contribution in [3.8, 4) is 0 Å². The highest BCUT2D eigenvalue weighted by molar-refractivity contribution is 7.98. The molecule has 0 radical (unpaired) electrons. The average molecular weight is 243 g/mol. The van der Waals surface area contributed by atoms with Crippen LogP contribution in [-0.2, 0) is 4.74 Å². The highest BCUT2D eigenvalue weighted by Crippen LogP contribution is 2.33. The first-order chi connectivity index (χ1) is 8.38. The Labute approximate surface area is 103 Å². The van der Waals surface area contributed by atoms with Crippen molar-refractivity contribution in [3.05, 3.63) is 36.0 Å². The Morgan fingerprint density at radius 1 is 1.29 bits per heavy atom. The van der Waals surface area contributed by atoms with Gasteiger partial charge < -0.3 is 4.74 Å². The van der Waals surface area contributed by atoms with Gasteiger partial charge in [0.05, 0.1) is 18.8 Å². The highest BCUT2D eigenvalue weighted by Gasteiger charge is 2.11. The fraction of sp³-hybridized carbons (Fsp3) is 0.0833. The monoisotopic (exact) mass is 243 g/mol. The van der Waals surface area contributed by atoms with Gasteiger partial charge in [-0.15, -0.1) is 0 Å². The Kier molecular flexibility index (Phi) is 2.53. The molecule has 0 unspecified atom stereocenters. The van der Waals surface area contributed by atoms with Crippen LogP contribution < -0.4 is 0 Å². The third-order valence-electron chi connectivity index (χ3n) is 2.53. The molecule has 2 aromatic rings. The standard InChI is InChI=1S/C12H9N3OS/c1-16-9-4-8-2-3-11-10(6-13-7-14-11)12(8)17-15-5-9/h2-7H,1H3. The summed E-state index contributed by atoms with van der Waals surface area (Å²) in [5.74, 6) is 0.743. The van der Waals surface area contributed by atoms with Crippen molar-refractivity contribution in [2.24, 2.45) is 4.40 Å². The maximum atomic E-state index is 5.21. The van der Waals surface area contributed by atoms with E-state index in [1.54, 1.807) is 19.7 Å². The number of rotatable bonds is 1. The van der Waals surface area contributed by atoms with Crippen molar-refractivity contribution in [1.29, 1.82) is 0 Å². The number of benzene rings is 1. The fourth-order valence-corrected chi connectivity index (χ4v) is 2.45. The first kappa shape index (κ1) is 10.3. The number of hydrogen-bond donors (Lipinski definition) is 0. The zero-order valence-electron chi connectivity index (χ0n) is 9.12. The smallest absolute Gasteiger partial charge is 0.138 e. The molecule has 0 bridgehead atoms. The molecule has 17 heavy (non-hydrogen) atoms. The maximum Gasteiger partial charge on any atom is 0.138 e. The topological polar surface area (TPSA) is 47.4 Å². The molecular formula is C12H9N3OS. The third-order valence-corrected chi connectivity index (χ3v) is 3.38. The van der Waals surface area contributed by atoms with Crippen LogP contribution in [0.5, 0.6) is 0 Å². The van der Waals surface area contributed by atoms with E-state index >= 15 is 0 Å². The number of allylic oxidation sites excluding steroid dienone is 1. The van der Waals surface area contributed by atoms with Crippen LogP contribution in [0, 0.1) is 0 Å². The van der Waals surface area contributed by atoms with E-state index in [1.165, 1.54) is 11.9 Å². The van der Waals surface area contributed by atoms with Crippen LogP contribution in [0.3, 0.4) is 0 Å². The lowest BCUT2D eigenvalue weighted by Gasteiger charge is -2.05. The Bertz CT molecular complexity index is 637. The van der Waals surface area contributed by atoms with Gasteiger partial charge in [-0.1, -0.05) is 6.07 Å². The van der Waals surface area contributed by atoms with Gasteiger partial charge in [0, 0.05) is 28.4 Å². The first-order valence-corrected chi connectivity index (χ1v) is 5.84. The Hall–Kier alpha value is -1.88. The maximum absolute atomic E-state index is 5.21. The number of aromatic nitrogens is 2. The highest BCUT2D eigenvalue weighted by atomic mass is 32.2. The van der Waals surface area contributed by atoms with Crippen LogP contribution in [0.2, 0.25) is 0 Å². The van der Waals surface area contributed by atoms with Gasteiger partial charge in [-0.05, 0) is 17.7 Å². The van der Waals surface area contributed by atoms with Crippen LogP contribution in [-0.4, -0.2) is 23.3 Å². The molecule has 1 aromatic heterocycles. The summed E-state index contributed by atoms with van der Waals surface area (Å²) >= 11 is 1.42.